The van der Waals surface area contributed by atoms with E-state index in [4.69, 9.17) is 9.47 Å². The first kappa shape index (κ1) is 16.9. The Bertz CT molecular complexity index is 398. The number of rotatable bonds is 9. The summed E-state index contributed by atoms with van der Waals surface area (Å²) in [5.74, 6) is 0.498. The maximum atomic E-state index is 14.2. The van der Waals surface area contributed by atoms with Gasteiger partial charge in [-0.25, -0.2) is 4.39 Å². The summed E-state index contributed by atoms with van der Waals surface area (Å²) < 4.78 is 24.4. The van der Waals surface area contributed by atoms with Crippen molar-refractivity contribution in [2.45, 2.75) is 32.7 Å². The molecule has 0 saturated heterocycles. The molecule has 0 amide bonds. The highest BCUT2D eigenvalue weighted by atomic mass is 19.1. The smallest absolute Gasteiger partial charge is 0.168 e. The standard InChI is InChI=1S/C16H26FNO2/c1-5-18-14(9-12(2)11-19-3)10-13-7-6-8-15(20-4)16(13)17/h6-8,12,14,18H,5,9-11H2,1-4H3. The van der Waals surface area contributed by atoms with E-state index in [1.54, 1.807) is 13.2 Å². The Hall–Kier alpha value is -1.13. The van der Waals surface area contributed by atoms with Crippen molar-refractivity contribution in [1.82, 2.24) is 5.32 Å². The predicted octanol–water partition coefficient (Wildman–Crippen LogP) is 3.03. The van der Waals surface area contributed by atoms with Crippen LogP contribution in [0.15, 0.2) is 18.2 Å². The highest BCUT2D eigenvalue weighted by molar-refractivity contribution is 5.31. The van der Waals surface area contributed by atoms with E-state index in [1.807, 2.05) is 12.1 Å². The molecule has 4 heteroatoms. The van der Waals surface area contributed by atoms with Crippen molar-refractivity contribution in [3.8, 4) is 5.75 Å². The van der Waals surface area contributed by atoms with Crippen LogP contribution in [0.25, 0.3) is 0 Å². The lowest BCUT2D eigenvalue weighted by Gasteiger charge is -2.22. The maximum Gasteiger partial charge on any atom is 0.168 e. The minimum atomic E-state index is -0.253. The van der Waals surface area contributed by atoms with Crippen molar-refractivity contribution < 1.29 is 13.9 Å². The van der Waals surface area contributed by atoms with Crippen LogP contribution in [0, 0.1) is 11.7 Å². The number of hydrogen-bond donors (Lipinski definition) is 1. The molecular formula is C16H26FNO2. The Kier molecular flexibility index (Phi) is 7.55. The summed E-state index contributed by atoms with van der Waals surface area (Å²) in [7, 11) is 3.20. The molecule has 0 fully saturated rings. The molecule has 2 unspecified atom stereocenters. The molecule has 0 aliphatic rings. The minimum Gasteiger partial charge on any atom is -0.494 e. The first-order chi connectivity index (χ1) is 9.62. The fourth-order valence-electron chi connectivity index (χ4n) is 2.50. The van der Waals surface area contributed by atoms with E-state index in [0.717, 1.165) is 19.6 Å². The van der Waals surface area contributed by atoms with Gasteiger partial charge in [-0.05, 0) is 36.9 Å². The first-order valence-corrected chi connectivity index (χ1v) is 7.16. The first-order valence-electron chi connectivity index (χ1n) is 7.16. The van der Waals surface area contributed by atoms with Crippen LogP contribution in [-0.2, 0) is 11.2 Å². The molecule has 1 N–H and O–H groups in total. The number of nitrogens with one attached hydrogen (secondary N) is 1. The van der Waals surface area contributed by atoms with Crippen LogP contribution in [0.1, 0.15) is 25.8 Å². The zero-order valence-corrected chi connectivity index (χ0v) is 12.9. The number of halogens is 1. The zero-order valence-electron chi connectivity index (χ0n) is 12.9. The highest BCUT2D eigenvalue weighted by Crippen LogP contribution is 2.22. The summed E-state index contributed by atoms with van der Waals surface area (Å²) in [6.07, 6.45) is 1.61. The van der Waals surface area contributed by atoms with Gasteiger partial charge in [-0.15, -0.1) is 0 Å². The van der Waals surface area contributed by atoms with Crippen molar-refractivity contribution >= 4 is 0 Å². The van der Waals surface area contributed by atoms with E-state index in [2.05, 4.69) is 19.2 Å². The molecule has 0 saturated carbocycles. The summed E-state index contributed by atoms with van der Waals surface area (Å²) in [5.41, 5.74) is 0.694. The van der Waals surface area contributed by atoms with E-state index < -0.39 is 0 Å². The van der Waals surface area contributed by atoms with Gasteiger partial charge in [-0.3, -0.25) is 0 Å². The number of benzene rings is 1. The Morgan fingerprint density at radius 1 is 1.30 bits per heavy atom. The Morgan fingerprint density at radius 2 is 2.05 bits per heavy atom. The highest BCUT2D eigenvalue weighted by Gasteiger charge is 2.16. The van der Waals surface area contributed by atoms with Crippen LogP contribution in [0.4, 0.5) is 4.39 Å². The second kappa shape index (κ2) is 8.93. The third-order valence-electron chi connectivity index (χ3n) is 3.36. The van der Waals surface area contributed by atoms with Crippen LogP contribution in [0.5, 0.6) is 5.75 Å². The van der Waals surface area contributed by atoms with Gasteiger partial charge in [-0.1, -0.05) is 26.0 Å². The van der Waals surface area contributed by atoms with Crippen LogP contribution in [-0.4, -0.2) is 33.4 Å². The molecule has 0 spiro atoms. The number of likely N-dealkylation sites (N-methyl/N-ethyl adjacent to an activating group) is 1. The van der Waals surface area contributed by atoms with Gasteiger partial charge in [0.25, 0.3) is 0 Å². The summed E-state index contributed by atoms with van der Waals surface area (Å²) in [5, 5.41) is 3.42. The summed E-state index contributed by atoms with van der Waals surface area (Å²) in [6.45, 7) is 5.81. The molecule has 0 heterocycles. The normalized spacial score (nSPS) is 14.1. The molecule has 0 aliphatic heterocycles. The topological polar surface area (TPSA) is 30.5 Å². The molecule has 1 aromatic carbocycles. The molecule has 0 aromatic heterocycles. The quantitative estimate of drug-likeness (QED) is 0.755. The molecule has 1 aromatic rings. The molecule has 1 rings (SSSR count). The van der Waals surface area contributed by atoms with Gasteiger partial charge in [0, 0.05) is 19.8 Å². The van der Waals surface area contributed by atoms with Gasteiger partial charge in [0.2, 0.25) is 0 Å². The van der Waals surface area contributed by atoms with E-state index in [0.29, 0.717) is 23.7 Å². The molecule has 2 atom stereocenters. The lowest BCUT2D eigenvalue weighted by molar-refractivity contribution is 0.149. The van der Waals surface area contributed by atoms with E-state index in [-0.39, 0.29) is 11.9 Å². The van der Waals surface area contributed by atoms with E-state index >= 15 is 0 Å². The summed E-state index contributed by atoms with van der Waals surface area (Å²) in [4.78, 5) is 0. The number of hydrogen-bond acceptors (Lipinski definition) is 3. The van der Waals surface area contributed by atoms with Crippen molar-refractivity contribution in [3.63, 3.8) is 0 Å². The zero-order chi connectivity index (χ0) is 15.0. The molecule has 3 nitrogen and oxygen atoms in total. The van der Waals surface area contributed by atoms with Crippen molar-refractivity contribution in [3.05, 3.63) is 29.6 Å². The predicted molar refractivity (Wildman–Crippen MR) is 79.8 cm³/mol. The molecule has 20 heavy (non-hydrogen) atoms. The Balaban J connectivity index is 2.74. The summed E-state index contributed by atoms with van der Waals surface area (Å²) in [6, 6.07) is 5.54. The molecule has 0 radical (unpaired) electrons. The minimum absolute atomic E-state index is 0.242. The van der Waals surface area contributed by atoms with Gasteiger partial charge in [0.05, 0.1) is 7.11 Å². The van der Waals surface area contributed by atoms with E-state index in [9.17, 15) is 4.39 Å². The fourth-order valence-corrected chi connectivity index (χ4v) is 2.50. The van der Waals surface area contributed by atoms with Gasteiger partial charge in [-0.2, -0.15) is 0 Å². The third-order valence-corrected chi connectivity index (χ3v) is 3.36. The summed E-state index contributed by atoms with van der Waals surface area (Å²) >= 11 is 0. The van der Waals surface area contributed by atoms with Crippen LogP contribution < -0.4 is 10.1 Å². The maximum absolute atomic E-state index is 14.2. The monoisotopic (exact) mass is 283 g/mol. The lowest BCUT2D eigenvalue weighted by Crippen LogP contribution is -2.33. The average molecular weight is 283 g/mol. The van der Waals surface area contributed by atoms with Crippen LogP contribution in [0.3, 0.4) is 0 Å². The van der Waals surface area contributed by atoms with Crippen molar-refractivity contribution in [2.24, 2.45) is 5.92 Å². The van der Waals surface area contributed by atoms with E-state index in [1.165, 1.54) is 7.11 Å². The van der Waals surface area contributed by atoms with Gasteiger partial charge < -0.3 is 14.8 Å². The second-order valence-corrected chi connectivity index (χ2v) is 5.19. The van der Waals surface area contributed by atoms with Crippen molar-refractivity contribution in [2.75, 3.05) is 27.4 Å². The van der Waals surface area contributed by atoms with Gasteiger partial charge >= 0.3 is 0 Å². The molecule has 114 valence electrons. The number of ether oxygens (including phenoxy) is 2. The van der Waals surface area contributed by atoms with Crippen LogP contribution in [0.2, 0.25) is 0 Å². The molecule has 0 bridgehead atoms. The van der Waals surface area contributed by atoms with Crippen LogP contribution >= 0.6 is 0 Å². The molecule has 0 aliphatic carbocycles. The largest absolute Gasteiger partial charge is 0.494 e. The Morgan fingerprint density at radius 3 is 2.65 bits per heavy atom. The third kappa shape index (κ3) is 5.10. The Labute approximate surface area is 121 Å². The van der Waals surface area contributed by atoms with Gasteiger partial charge in [0.15, 0.2) is 11.6 Å². The molecular weight excluding hydrogens is 257 g/mol. The van der Waals surface area contributed by atoms with Crippen molar-refractivity contribution in [1.29, 1.82) is 0 Å². The number of methoxy groups -OCH3 is 2. The fraction of sp³-hybridized carbons (Fsp3) is 0.625. The average Bonchev–Trinajstić information content (AvgIpc) is 2.41. The van der Waals surface area contributed by atoms with Gasteiger partial charge in [0.1, 0.15) is 0 Å². The lowest BCUT2D eigenvalue weighted by atomic mass is 9.96. The SMILES string of the molecule is CCNC(Cc1cccc(OC)c1F)CC(C)COC. The second-order valence-electron chi connectivity index (χ2n) is 5.19.